The van der Waals surface area contributed by atoms with Gasteiger partial charge < -0.3 is 14.4 Å². The standard InChI is InChI=1S/C18H20F2N2O4S/c1-22(2)13-9-15-17(25-3)5-4-16(18(15)26-10-13)21-27(23,24)14-7-11(19)6-12(20)8-14/h4-8,13,21H,9-10H2,1-3H3/t13-/m1/s1. The van der Waals surface area contributed by atoms with Crippen LogP contribution in [0.4, 0.5) is 14.5 Å². The minimum Gasteiger partial charge on any atom is -0.496 e. The third kappa shape index (κ3) is 3.98. The fraction of sp³-hybridized carbons (Fsp3) is 0.333. The van der Waals surface area contributed by atoms with E-state index in [1.165, 1.54) is 13.2 Å². The summed E-state index contributed by atoms with van der Waals surface area (Å²) < 4.78 is 65.5. The van der Waals surface area contributed by atoms with Crippen LogP contribution in [-0.2, 0) is 16.4 Å². The molecule has 9 heteroatoms. The van der Waals surface area contributed by atoms with Gasteiger partial charge in [-0.15, -0.1) is 0 Å². The molecule has 1 N–H and O–H groups in total. The van der Waals surface area contributed by atoms with Crippen LogP contribution in [0.3, 0.4) is 0 Å². The third-order valence-corrected chi connectivity index (χ3v) is 5.76. The lowest BCUT2D eigenvalue weighted by molar-refractivity contribution is 0.164. The smallest absolute Gasteiger partial charge is 0.262 e. The van der Waals surface area contributed by atoms with Gasteiger partial charge in [0.05, 0.1) is 17.7 Å². The molecule has 0 aromatic heterocycles. The first-order chi connectivity index (χ1) is 12.7. The summed E-state index contributed by atoms with van der Waals surface area (Å²) in [4.78, 5) is 1.50. The molecule has 0 saturated carbocycles. The Morgan fingerprint density at radius 3 is 2.44 bits per heavy atom. The number of halogens is 2. The van der Waals surface area contributed by atoms with Crippen molar-refractivity contribution in [2.45, 2.75) is 17.4 Å². The third-order valence-electron chi connectivity index (χ3n) is 4.42. The molecule has 0 saturated heterocycles. The summed E-state index contributed by atoms with van der Waals surface area (Å²) in [5.41, 5.74) is 0.917. The zero-order valence-electron chi connectivity index (χ0n) is 15.1. The lowest BCUT2D eigenvalue weighted by atomic mass is 10.00. The zero-order chi connectivity index (χ0) is 19.8. The van der Waals surface area contributed by atoms with Crippen molar-refractivity contribution in [3.63, 3.8) is 0 Å². The average molecular weight is 398 g/mol. The van der Waals surface area contributed by atoms with Crippen LogP contribution in [0.2, 0.25) is 0 Å². The molecule has 1 heterocycles. The highest BCUT2D eigenvalue weighted by atomic mass is 32.2. The van der Waals surface area contributed by atoms with Gasteiger partial charge in [0.1, 0.15) is 29.7 Å². The van der Waals surface area contributed by atoms with E-state index in [0.29, 0.717) is 30.6 Å². The predicted octanol–water partition coefficient (Wildman–Crippen LogP) is 2.64. The quantitative estimate of drug-likeness (QED) is 0.839. The number of benzene rings is 2. The fourth-order valence-corrected chi connectivity index (χ4v) is 4.04. The summed E-state index contributed by atoms with van der Waals surface area (Å²) in [6, 6.07) is 5.36. The van der Waals surface area contributed by atoms with Gasteiger partial charge in [-0.3, -0.25) is 4.72 Å². The van der Waals surface area contributed by atoms with Gasteiger partial charge in [-0.25, -0.2) is 17.2 Å². The van der Waals surface area contributed by atoms with Crippen molar-refractivity contribution >= 4 is 15.7 Å². The molecule has 2 aromatic rings. The van der Waals surface area contributed by atoms with E-state index in [9.17, 15) is 17.2 Å². The van der Waals surface area contributed by atoms with Crippen molar-refractivity contribution in [3.8, 4) is 11.5 Å². The number of nitrogens with zero attached hydrogens (tertiary/aromatic N) is 1. The number of hydrogen-bond acceptors (Lipinski definition) is 5. The predicted molar refractivity (Wildman–Crippen MR) is 96.8 cm³/mol. The molecule has 0 amide bonds. The molecule has 0 radical (unpaired) electrons. The number of likely N-dealkylation sites (N-methyl/N-ethyl adjacent to an activating group) is 1. The zero-order valence-corrected chi connectivity index (χ0v) is 15.9. The molecule has 0 fully saturated rings. The van der Waals surface area contributed by atoms with E-state index in [2.05, 4.69) is 4.72 Å². The molecule has 0 bridgehead atoms. The van der Waals surface area contributed by atoms with Gasteiger partial charge in [0.2, 0.25) is 0 Å². The second-order valence-corrected chi connectivity index (χ2v) is 8.15. The topological polar surface area (TPSA) is 67.9 Å². The first-order valence-corrected chi connectivity index (χ1v) is 9.67. The molecule has 1 atom stereocenters. The van der Waals surface area contributed by atoms with Gasteiger partial charge in [-0.2, -0.15) is 0 Å². The number of rotatable bonds is 5. The van der Waals surface area contributed by atoms with Gasteiger partial charge in [-0.1, -0.05) is 0 Å². The van der Waals surface area contributed by atoms with E-state index < -0.39 is 26.6 Å². The van der Waals surface area contributed by atoms with Crippen LogP contribution >= 0.6 is 0 Å². The Balaban J connectivity index is 2.00. The van der Waals surface area contributed by atoms with Crippen molar-refractivity contribution in [2.24, 2.45) is 0 Å². The molecule has 1 aliphatic heterocycles. The van der Waals surface area contributed by atoms with Crippen molar-refractivity contribution in [1.82, 2.24) is 4.90 Å². The molecule has 0 spiro atoms. The summed E-state index contributed by atoms with van der Waals surface area (Å²) in [5, 5.41) is 0. The second kappa shape index (κ2) is 7.32. The highest BCUT2D eigenvalue weighted by Crippen LogP contribution is 2.40. The second-order valence-electron chi connectivity index (χ2n) is 6.47. The van der Waals surface area contributed by atoms with Crippen LogP contribution in [0.5, 0.6) is 11.5 Å². The molecule has 27 heavy (non-hydrogen) atoms. The Morgan fingerprint density at radius 2 is 1.85 bits per heavy atom. The Kier molecular flexibility index (Phi) is 5.25. The minimum absolute atomic E-state index is 0.107. The Morgan fingerprint density at radius 1 is 1.19 bits per heavy atom. The molecule has 6 nitrogen and oxygen atoms in total. The minimum atomic E-state index is -4.20. The van der Waals surface area contributed by atoms with Crippen LogP contribution < -0.4 is 14.2 Å². The van der Waals surface area contributed by atoms with Crippen LogP contribution in [0.1, 0.15) is 5.56 Å². The summed E-state index contributed by atoms with van der Waals surface area (Å²) in [6.07, 6.45) is 0.607. The molecule has 0 aliphatic carbocycles. The van der Waals surface area contributed by atoms with E-state index in [4.69, 9.17) is 9.47 Å². The summed E-state index contributed by atoms with van der Waals surface area (Å²) in [6.45, 7) is 0.372. The van der Waals surface area contributed by atoms with Crippen LogP contribution in [-0.4, -0.2) is 47.2 Å². The Hall–Kier alpha value is -2.39. The lowest BCUT2D eigenvalue weighted by Gasteiger charge is -2.32. The highest BCUT2D eigenvalue weighted by molar-refractivity contribution is 7.92. The van der Waals surface area contributed by atoms with Crippen LogP contribution in [0.15, 0.2) is 35.2 Å². The van der Waals surface area contributed by atoms with Gasteiger partial charge in [0.25, 0.3) is 10.0 Å². The summed E-state index contributed by atoms with van der Waals surface area (Å²) in [7, 11) is 1.17. The Bertz CT molecular complexity index is 944. The number of hydrogen-bond donors (Lipinski definition) is 1. The van der Waals surface area contributed by atoms with Crippen molar-refractivity contribution in [1.29, 1.82) is 0 Å². The normalized spacial score (nSPS) is 16.6. The molecule has 3 rings (SSSR count). The van der Waals surface area contributed by atoms with Crippen LogP contribution in [0.25, 0.3) is 0 Å². The molecule has 146 valence electrons. The number of anilines is 1. The maximum absolute atomic E-state index is 13.4. The first kappa shape index (κ1) is 19.4. The molecular formula is C18H20F2N2O4S. The van der Waals surface area contributed by atoms with Gasteiger partial charge in [0, 0.05) is 17.7 Å². The van der Waals surface area contributed by atoms with Crippen LogP contribution in [0, 0.1) is 11.6 Å². The number of nitrogens with one attached hydrogen (secondary N) is 1. The monoisotopic (exact) mass is 398 g/mol. The molecule has 2 aromatic carbocycles. The SMILES string of the molecule is COc1ccc(NS(=O)(=O)c2cc(F)cc(F)c2)c2c1C[C@@H](N(C)C)CO2. The molecule has 0 unspecified atom stereocenters. The maximum Gasteiger partial charge on any atom is 0.262 e. The van der Waals surface area contributed by atoms with E-state index in [1.54, 1.807) is 6.07 Å². The van der Waals surface area contributed by atoms with Gasteiger partial charge in [0.15, 0.2) is 0 Å². The summed E-state index contributed by atoms with van der Waals surface area (Å²) >= 11 is 0. The Labute approximate surface area is 156 Å². The van der Waals surface area contributed by atoms with Crippen molar-refractivity contribution in [2.75, 3.05) is 32.5 Å². The highest BCUT2D eigenvalue weighted by Gasteiger charge is 2.28. The van der Waals surface area contributed by atoms with Crippen molar-refractivity contribution < 1.29 is 26.7 Å². The van der Waals surface area contributed by atoms with Gasteiger partial charge >= 0.3 is 0 Å². The number of methoxy groups -OCH3 is 1. The number of fused-ring (bicyclic) bond motifs is 1. The fourth-order valence-electron chi connectivity index (χ4n) is 2.93. The van der Waals surface area contributed by atoms with E-state index >= 15 is 0 Å². The average Bonchev–Trinajstić information content (AvgIpc) is 2.60. The van der Waals surface area contributed by atoms with Gasteiger partial charge in [-0.05, 0) is 44.8 Å². The largest absolute Gasteiger partial charge is 0.496 e. The van der Waals surface area contributed by atoms with E-state index in [0.717, 1.165) is 17.7 Å². The number of sulfonamides is 1. The summed E-state index contributed by atoms with van der Waals surface area (Å²) in [5.74, 6) is -1.02. The number of ether oxygens (including phenoxy) is 2. The van der Waals surface area contributed by atoms with Crippen molar-refractivity contribution in [3.05, 3.63) is 47.5 Å². The first-order valence-electron chi connectivity index (χ1n) is 8.19. The van der Waals surface area contributed by atoms with E-state index in [-0.39, 0.29) is 11.7 Å². The lowest BCUT2D eigenvalue weighted by Crippen LogP contribution is -2.38. The molecular weight excluding hydrogens is 378 g/mol. The molecule has 1 aliphatic rings. The van der Waals surface area contributed by atoms with E-state index in [1.807, 2.05) is 19.0 Å². The maximum atomic E-state index is 13.4.